The van der Waals surface area contributed by atoms with Crippen molar-refractivity contribution in [2.24, 2.45) is 0 Å². The van der Waals surface area contributed by atoms with Crippen LogP contribution in [0.2, 0.25) is 5.02 Å². The number of aromatic nitrogens is 1. The highest BCUT2D eigenvalue weighted by Crippen LogP contribution is 2.43. The molecule has 4 rings (SSSR count). The number of amides is 1. The third kappa shape index (κ3) is 2.95. The molecule has 1 aliphatic rings. The molecule has 0 N–H and O–H groups in total. The average molecular weight is 373 g/mol. The number of benzene rings is 2. The molecule has 1 fully saturated rings. The van der Waals surface area contributed by atoms with Gasteiger partial charge in [0.1, 0.15) is 5.37 Å². The van der Waals surface area contributed by atoms with E-state index in [1.807, 2.05) is 60.0 Å². The number of nitrogens with zero attached hydrogens (tertiary/aromatic N) is 2. The second-order valence-corrected chi connectivity index (χ2v) is 7.70. The van der Waals surface area contributed by atoms with Crippen molar-refractivity contribution in [3.05, 3.63) is 70.6 Å². The molecular formula is C18H13ClN2OS2. The summed E-state index contributed by atoms with van der Waals surface area (Å²) in [5, 5.41) is 3.38. The average Bonchev–Trinajstić information content (AvgIpc) is 3.23. The zero-order valence-electron chi connectivity index (χ0n) is 12.6. The van der Waals surface area contributed by atoms with Crippen LogP contribution in [-0.2, 0) is 4.79 Å². The van der Waals surface area contributed by atoms with Gasteiger partial charge in [0.05, 0.1) is 11.4 Å². The van der Waals surface area contributed by atoms with E-state index in [1.54, 1.807) is 16.7 Å². The van der Waals surface area contributed by atoms with E-state index >= 15 is 0 Å². The molecular weight excluding hydrogens is 360 g/mol. The number of rotatable bonds is 3. The summed E-state index contributed by atoms with van der Waals surface area (Å²) in [6.07, 6.45) is 0. The monoisotopic (exact) mass is 372 g/mol. The number of anilines is 1. The van der Waals surface area contributed by atoms with Crippen LogP contribution >= 0.6 is 34.7 Å². The Labute approximate surface area is 153 Å². The van der Waals surface area contributed by atoms with Gasteiger partial charge in [-0.1, -0.05) is 54.1 Å². The van der Waals surface area contributed by atoms with Crippen LogP contribution < -0.4 is 4.90 Å². The maximum Gasteiger partial charge on any atom is 0.240 e. The molecule has 6 heteroatoms. The maximum absolute atomic E-state index is 12.4. The predicted molar refractivity (Wildman–Crippen MR) is 102 cm³/mol. The molecule has 1 aromatic heterocycles. The van der Waals surface area contributed by atoms with Crippen molar-refractivity contribution in [3.63, 3.8) is 0 Å². The van der Waals surface area contributed by atoms with Crippen LogP contribution in [0.25, 0.3) is 11.3 Å². The molecule has 1 amide bonds. The molecule has 3 nitrogen and oxygen atoms in total. The highest BCUT2D eigenvalue weighted by molar-refractivity contribution is 8.00. The first-order valence-electron chi connectivity index (χ1n) is 7.42. The molecule has 0 bridgehead atoms. The number of carbonyl (C=O) groups excluding carboxylic acids is 1. The van der Waals surface area contributed by atoms with Crippen molar-refractivity contribution < 1.29 is 4.79 Å². The molecule has 0 aliphatic carbocycles. The Morgan fingerprint density at radius 2 is 1.83 bits per heavy atom. The van der Waals surface area contributed by atoms with Crippen molar-refractivity contribution in [2.45, 2.75) is 5.37 Å². The molecule has 0 saturated carbocycles. The number of halogens is 1. The molecule has 2 aromatic carbocycles. The van der Waals surface area contributed by atoms with Gasteiger partial charge in [0.2, 0.25) is 5.91 Å². The van der Waals surface area contributed by atoms with Crippen LogP contribution in [-0.4, -0.2) is 16.6 Å². The van der Waals surface area contributed by atoms with Gasteiger partial charge < -0.3 is 0 Å². The molecule has 0 unspecified atom stereocenters. The summed E-state index contributed by atoms with van der Waals surface area (Å²) in [6, 6.07) is 17.7. The highest BCUT2D eigenvalue weighted by Gasteiger charge is 2.35. The van der Waals surface area contributed by atoms with Crippen LogP contribution in [0.1, 0.15) is 10.9 Å². The Hall–Kier alpha value is -1.82. The lowest BCUT2D eigenvalue weighted by molar-refractivity contribution is -0.115. The van der Waals surface area contributed by atoms with E-state index in [9.17, 15) is 4.79 Å². The number of carbonyl (C=O) groups is 1. The second kappa shape index (κ2) is 6.59. The lowest BCUT2D eigenvalue weighted by atomic mass is 10.2. The van der Waals surface area contributed by atoms with Crippen LogP contribution in [0.3, 0.4) is 0 Å². The zero-order chi connectivity index (χ0) is 16.5. The molecule has 120 valence electrons. The molecule has 1 saturated heterocycles. The van der Waals surface area contributed by atoms with Gasteiger partial charge in [0.25, 0.3) is 0 Å². The fourth-order valence-corrected chi connectivity index (χ4v) is 4.85. The minimum atomic E-state index is -0.0514. The lowest BCUT2D eigenvalue weighted by Gasteiger charge is -2.21. The van der Waals surface area contributed by atoms with Crippen molar-refractivity contribution in [3.8, 4) is 11.3 Å². The minimum absolute atomic E-state index is 0.0514. The number of hydrogen-bond donors (Lipinski definition) is 0. The first kappa shape index (κ1) is 15.7. The quantitative estimate of drug-likeness (QED) is 0.630. The Morgan fingerprint density at radius 3 is 2.58 bits per heavy atom. The third-order valence-corrected chi connectivity index (χ3v) is 6.09. The molecule has 24 heavy (non-hydrogen) atoms. The fraction of sp³-hybridized carbons (Fsp3) is 0.111. The SMILES string of the molecule is O=C1CS[C@H](c2ccc(Cl)cc2)N1c1nc(-c2ccccc2)cs1. The lowest BCUT2D eigenvalue weighted by Crippen LogP contribution is -2.27. The molecule has 0 spiro atoms. The minimum Gasteiger partial charge on any atom is -0.273 e. The topological polar surface area (TPSA) is 33.2 Å². The molecule has 0 radical (unpaired) electrons. The molecule has 3 aromatic rings. The smallest absolute Gasteiger partial charge is 0.240 e. The Kier molecular flexibility index (Phi) is 4.31. The Morgan fingerprint density at radius 1 is 1.08 bits per heavy atom. The van der Waals surface area contributed by atoms with E-state index in [4.69, 9.17) is 16.6 Å². The van der Waals surface area contributed by atoms with E-state index in [1.165, 1.54) is 11.3 Å². The van der Waals surface area contributed by atoms with Crippen molar-refractivity contribution in [1.29, 1.82) is 0 Å². The summed E-state index contributed by atoms with van der Waals surface area (Å²) < 4.78 is 0. The van der Waals surface area contributed by atoms with E-state index < -0.39 is 0 Å². The third-order valence-electron chi connectivity index (χ3n) is 3.79. The summed E-state index contributed by atoms with van der Waals surface area (Å²) in [4.78, 5) is 18.9. The summed E-state index contributed by atoms with van der Waals surface area (Å²) >= 11 is 9.09. The van der Waals surface area contributed by atoms with E-state index in [-0.39, 0.29) is 11.3 Å². The van der Waals surface area contributed by atoms with Gasteiger partial charge in [-0.25, -0.2) is 4.98 Å². The second-order valence-electron chi connectivity index (χ2n) is 5.36. The Bertz CT molecular complexity index is 864. The predicted octanol–water partition coefficient (Wildman–Crippen LogP) is 5.24. The summed E-state index contributed by atoms with van der Waals surface area (Å²) in [6.45, 7) is 0. The van der Waals surface area contributed by atoms with Crippen LogP contribution in [0, 0.1) is 0 Å². The van der Waals surface area contributed by atoms with Gasteiger partial charge in [-0.15, -0.1) is 23.1 Å². The molecule has 1 aliphatic heterocycles. The first-order valence-corrected chi connectivity index (χ1v) is 9.73. The van der Waals surface area contributed by atoms with Gasteiger partial charge in [0.15, 0.2) is 5.13 Å². The van der Waals surface area contributed by atoms with E-state index in [0.717, 1.165) is 22.0 Å². The normalized spacial score (nSPS) is 17.5. The Balaban J connectivity index is 1.67. The summed E-state index contributed by atoms with van der Waals surface area (Å²) in [5.74, 6) is 0.557. The highest BCUT2D eigenvalue weighted by atomic mass is 35.5. The van der Waals surface area contributed by atoms with Crippen molar-refractivity contribution >= 4 is 45.7 Å². The largest absolute Gasteiger partial charge is 0.273 e. The van der Waals surface area contributed by atoms with Crippen LogP contribution in [0.15, 0.2) is 60.0 Å². The standard InChI is InChI=1S/C18H13ClN2OS2/c19-14-8-6-13(7-9-14)17-21(16(22)11-23-17)18-20-15(10-24-18)12-4-2-1-3-5-12/h1-10,17H,11H2/t17-/m1/s1. The van der Waals surface area contributed by atoms with E-state index in [2.05, 4.69) is 0 Å². The van der Waals surface area contributed by atoms with Gasteiger partial charge >= 0.3 is 0 Å². The van der Waals surface area contributed by atoms with Gasteiger partial charge in [-0.2, -0.15) is 0 Å². The van der Waals surface area contributed by atoms with Gasteiger partial charge in [-0.3, -0.25) is 9.69 Å². The summed E-state index contributed by atoms with van der Waals surface area (Å²) in [7, 11) is 0. The zero-order valence-corrected chi connectivity index (χ0v) is 14.9. The molecule has 2 heterocycles. The van der Waals surface area contributed by atoms with E-state index in [0.29, 0.717) is 10.8 Å². The van der Waals surface area contributed by atoms with Crippen molar-refractivity contribution in [2.75, 3.05) is 10.7 Å². The van der Waals surface area contributed by atoms with Crippen LogP contribution in [0.5, 0.6) is 0 Å². The number of thioether (sulfide) groups is 1. The van der Waals surface area contributed by atoms with Gasteiger partial charge in [-0.05, 0) is 17.7 Å². The maximum atomic E-state index is 12.4. The number of thiazole rings is 1. The van der Waals surface area contributed by atoms with Crippen LogP contribution in [0.4, 0.5) is 5.13 Å². The molecule has 1 atom stereocenters. The van der Waals surface area contributed by atoms with Gasteiger partial charge in [0, 0.05) is 16.0 Å². The first-order chi connectivity index (χ1) is 11.7. The number of hydrogen-bond acceptors (Lipinski definition) is 4. The summed E-state index contributed by atoms with van der Waals surface area (Å²) in [5.41, 5.74) is 3.02. The fourth-order valence-electron chi connectivity index (χ4n) is 2.62. The van der Waals surface area contributed by atoms with Crippen molar-refractivity contribution in [1.82, 2.24) is 4.98 Å².